The second-order valence-corrected chi connectivity index (χ2v) is 6.97. The first-order chi connectivity index (χ1) is 10.0. The summed E-state index contributed by atoms with van der Waals surface area (Å²) in [5, 5.41) is 0.462. The first kappa shape index (κ1) is 15.2. The summed E-state index contributed by atoms with van der Waals surface area (Å²) in [5.74, 6) is 0.696. The molecule has 5 heteroatoms. The number of aryl methyl sites for hydroxylation is 1. The van der Waals surface area contributed by atoms with Gasteiger partial charge in [-0.05, 0) is 66.1 Å². The van der Waals surface area contributed by atoms with Gasteiger partial charge in [-0.3, -0.25) is 0 Å². The van der Waals surface area contributed by atoms with Crippen LogP contribution in [0.3, 0.4) is 0 Å². The molecule has 1 saturated carbocycles. The van der Waals surface area contributed by atoms with E-state index in [1.807, 2.05) is 13.0 Å². The van der Waals surface area contributed by atoms with Gasteiger partial charge in [0.15, 0.2) is 5.82 Å². The van der Waals surface area contributed by atoms with Crippen LogP contribution in [0.25, 0.3) is 11.4 Å². The van der Waals surface area contributed by atoms with Crippen LogP contribution in [-0.2, 0) is 0 Å². The van der Waals surface area contributed by atoms with E-state index in [0.717, 1.165) is 27.7 Å². The fraction of sp³-hybridized carbons (Fsp3) is 0.375. The summed E-state index contributed by atoms with van der Waals surface area (Å²) in [6.07, 6.45) is 4.75. The molecule has 0 bridgehead atoms. The van der Waals surface area contributed by atoms with E-state index in [0.29, 0.717) is 22.5 Å². The summed E-state index contributed by atoms with van der Waals surface area (Å²) in [4.78, 5) is 9.04. The predicted molar refractivity (Wildman–Crippen MR) is 91.1 cm³/mol. The summed E-state index contributed by atoms with van der Waals surface area (Å²) in [5.41, 5.74) is 2.56. The molecule has 1 aromatic heterocycles. The Kier molecular flexibility index (Phi) is 4.45. The van der Waals surface area contributed by atoms with Crippen molar-refractivity contribution in [3.05, 3.63) is 44.0 Å². The first-order valence-corrected chi connectivity index (χ1v) is 8.51. The van der Waals surface area contributed by atoms with E-state index in [-0.39, 0.29) is 5.82 Å². The summed E-state index contributed by atoms with van der Waals surface area (Å²) >= 11 is 8.49. The molecule has 0 atom stereocenters. The third-order valence-corrected chi connectivity index (χ3v) is 5.53. The number of halogens is 3. The Hall–Kier alpha value is -0.750. The average molecular weight is 417 g/mol. The van der Waals surface area contributed by atoms with Crippen molar-refractivity contribution in [3.63, 3.8) is 0 Å². The molecule has 0 saturated heterocycles. The number of benzene rings is 1. The lowest BCUT2D eigenvalue weighted by Gasteiger charge is -2.13. The quantitative estimate of drug-likeness (QED) is 0.477. The second kappa shape index (κ2) is 6.16. The van der Waals surface area contributed by atoms with Crippen LogP contribution in [0, 0.1) is 16.3 Å². The van der Waals surface area contributed by atoms with E-state index in [2.05, 4.69) is 27.6 Å². The highest BCUT2D eigenvalue weighted by Gasteiger charge is 2.23. The van der Waals surface area contributed by atoms with Gasteiger partial charge in [0.05, 0.1) is 9.26 Å². The van der Waals surface area contributed by atoms with Crippen molar-refractivity contribution in [2.45, 2.75) is 38.5 Å². The molecule has 0 unspecified atom stereocenters. The molecule has 0 radical (unpaired) electrons. The van der Waals surface area contributed by atoms with Crippen LogP contribution in [0.1, 0.15) is 42.9 Å². The number of hydrogen-bond acceptors (Lipinski definition) is 2. The zero-order valence-corrected chi connectivity index (χ0v) is 14.6. The van der Waals surface area contributed by atoms with Crippen LogP contribution in [-0.4, -0.2) is 9.97 Å². The number of rotatable bonds is 2. The van der Waals surface area contributed by atoms with Crippen LogP contribution >= 0.6 is 34.2 Å². The molecule has 110 valence electrons. The SMILES string of the molecule is Cc1cc(F)cc(-c2nc(Cl)c(I)c(C3CCCC3)n2)c1. The van der Waals surface area contributed by atoms with Crippen LogP contribution in [0.4, 0.5) is 4.39 Å². The predicted octanol–water partition coefficient (Wildman–Crippen LogP) is 5.51. The van der Waals surface area contributed by atoms with Gasteiger partial charge >= 0.3 is 0 Å². The van der Waals surface area contributed by atoms with Crippen molar-refractivity contribution in [3.8, 4) is 11.4 Å². The Labute approximate surface area is 142 Å². The first-order valence-electron chi connectivity index (χ1n) is 7.05. The maximum absolute atomic E-state index is 13.6. The summed E-state index contributed by atoms with van der Waals surface area (Å²) in [7, 11) is 0. The minimum atomic E-state index is -0.273. The van der Waals surface area contributed by atoms with Gasteiger partial charge in [-0.1, -0.05) is 24.4 Å². The van der Waals surface area contributed by atoms with Gasteiger partial charge in [0.2, 0.25) is 0 Å². The Morgan fingerprint density at radius 2 is 1.90 bits per heavy atom. The largest absolute Gasteiger partial charge is 0.232 e. The van der Waals surface area contributed by atoms with Crippen molar-refractivity contribution < 1.29 is 4.39 Å². The summed E-state index contributed by atoms with van der Waals surface area (Å²) in [6.45, 7) is 1.86. The Balaban J connectivity index is 2.10. The third kappa shape index (κ3) is 3.21. The zero-order chi connectivity index (χ0) is 15.0. The molecular weight excluding hydrogens is 402 g/mol. The second-order valence-electron chi connectivity index (χ2n) is 5.54. The standard InChI is InChI=1S/C16H15ClFIN2/c1-9-6-11(8-12(18)7-9)16-20-14(10-4-2-3-5-10)13(19)15(17)21-16/h6-8,10H,2-5H2,1H3. The smallest absolute Gasteiger partial charge is 0.161 e. The lowest BCUT2D eigenvalue weighted by Crippen LogP contribution is -2.05. The van der Waals surface area contributed by atoms with E-state index in [1.54, 1.807) is 0 Å². The number of nitrogens with zero attached hydrogens (tertiary/aromatic N) is 2. The van der Waals surface area contributed by atoms with E-state index < -0.39 is 0 Å². The molecule has 0 aliphatic heterocycles. The molecule has 0 spiro atoms. The lowest BCUT2D eigenvalue weighted by atomic mass is 10.0. The molecule has 1 aliphatic carbocycles. The van der Waals surface area contributed by atoms with Crippen molar-refractivity contribution in [1.82, 2.24) is 9.97 Å². The third-order valence-electron chi connectivity index (χ3n) is 3.88. The van der Waals surface area contributed by atoms with Gasteiger partial charge in [0.1, 0.15) is 11.0 Å². The highest BCUT2D eigenvalue weighted by molar-refractivity contribution is 14.1. The van der Waals surface area contributed by atoms with Gasteiger partial charge in [0, 0.05) is 11.5 Å². The van der Waals surface area contributed by atoms with Crippen molar-refractivity contribution in [1.29, 1.82) is 0 Å². The van der Waals surface area contributed by atoms with E-state index in [4.69, 9.17) is 16.6 Å². The van der Waals surface area contributed by atoms with Crippen LogP contribution < -0.4 is 0 Å². The fourth-order valence-electron chi connectivity index (χ4n) is 2.90. The lowest BCUT2D eigenvalue weighted by molar-refractivity contribution is 0.627. The number of hydrogen-bond donors (Lipinski definition) is 0. The minimum absolute atomic E-state index is 0.273. The fourth-order valence-corrected chi connectivity index (χ4v) is 3.76. The van der Waals surface area contributed by atoms with Gasteiger partial charge in [-0.15, -0.1) is 0 Å². The van der Waals surface area contributed by atoms with Crippen LogP contribution in [0.2, 0.25) is 5.15 Å². The number of aromatic nitrogens is 2. The molecular formula is C16H15ClFIN2. The van der Waals surface area contributed by atoms with E-state index >= 15 is 0 Å². The topological polar surface area (TPSA) is 25.8 Å². The van der Waals surface area contributed by atoms with Crippen LogP contribution in [0.15, 0.2) is 18.2 Å². The Morgan fingerprint density at radius 1 is 1.19 bits per heavy atom. The zero-order valence-electron chi connectivity index (χ0n) is 11.7. The van der Waals surface area contributed by atoms with Gasteiger partial charge in [-0.25, -0.2) is 14.4 Å². The molecule has 21 heavy (non-hydrogen) atoms. The Bertz CT molecular complexity index is 664. The molecule has 1 aromatic carbocycles. The molecule has 3 rings (SSSR count). The van der Waals surface area contributed by atoms with E-state index in [1.165, 1.54) is 25.0 Å². The molecule has 1 aliphatic rings. The summed E-state index contributed by atoms with van der Waals surface area (Å²) < 4.78 is 14.5. The van der Waals surface area contributed by atoms with Gasteiger partial charge < -0.3 is 0 Å². The molecule has 2 nitrogen and oxygen atoms in total. The van der Waals surface area contributed by atoms with Crippen molar-refractivity contribution >= 4 is 34.2 Å². The molecule has 0 amide bonds. The maximum atomic E-state index is 13.6. The monoisotopic (exact) mass is 416 g/mol. The van der Waals surface area contributed by atoms with E-state index in [9.17, 15) is 4.39 Å². The average Bonchev–Trinajstić information content (AvgIpc) is 2.94. The highest BCUT2D eigenvalue weighted by Crippen LogP contribution is 2.37. The molecule has 1 heterocycles. The maximum Gasteiger partial charge on any atom is 0.161 e. The normalized spacial score (nSPS) is 15.6. The molecule has 1 fully saturated rings. The van der Waals surface area contributed by atoms with Crippen molar-refractivity contribution in [2.24, 2.45) is 0 Å². The Morgan fingerprint density at radius 3 is 2.57 bits per heavy atom. The molecule has 2 aromatic rings. The highest BCUT2D eigenvalue weighted by atomic mass is 127. The van der Waals surface area contributed by atoms with Gasteiger partial charge in [-0.2, -0.15) is 0 Å². The van der Waals surface area contributed by atoms with Gasteiger partial charge in [0.25, 0.3) is 0 Å². The molecule has 0 N–H and O–H groups in total. The van der Waals surface area contributed by atoms with Crippen molar-refractivity contribution in [2.75, 3.05) is 0 Å². The minimum Gasteiger partial charge on any atom is -0.232 e. The summed E-state index contributed by atoms with van der Waals surface area (Å²) in [6, 6.07) is 4.85. The van der Waals surface area contributed by atoms with Crippen LogP contribution in [0.5, 0.6) is 0 Å².